The lowest BCUT2D eigenvalue weighted by atomic mass is 10.1. The topological polar surface area (TPSA) is 74.6 Å². The van der Waals surface area contributed by atoms with Crippen LogP contribution < -0.4 is 0 Å². The lowest BCUT2D eigenvalue weighted by Crippen LogP contribution is -2.05. The molecule has 0 spiro atoms. The van der Waals surface area contributed by atoms with Gasteiger partial charge in [0.1, 0.15) is 0 Å². The fourth-order valence-corrected chi connectivity index (χ4v) is 1.87. The zero-order valence-corrected chi connectivity index (χ0v) is 9.96. The maximum atomic E-state index is 10.5. The first-order valence-corrected chi connectivity index (χ1v) is 5.27. The number of carboxylic acid groups (broad SMARTS) is 2. The average Bonchev–Trinajstić information content (AvgIpc) is 2.11. The summed E-state index contributed by atoms with van der Waals surface area (Å²) >= 11 is 8.24. The summed E-state index contributed by atoms with van der Waals surface area (Å²) in [6, 6.07) is 3.08. The van der Waals surface area contributed by atoms with Crippen LogP contribution in [0, 0.1) is 0 Å². The minimum absolute atomic E-state index is 0.153. The molecule has 2 N–H and O–H groups in total. The van der Waals surface area contributed by atoms with Crippen molar-refractivity contribution >= 4 is 37.2 Å². The molecule has 0 aromatic heterocycles. The van der Waals surface area contributed by atoms with E-state index < -0.39 is 11.9 Å². The Balaban J connectivity index is 3.06. The molecule has 1 aromatic rings. The third-order valence-electron chi connectivity index (χ3n) is 1.96. The molecule has 1 aromatic carbocycles. The lowest BCUT2D eigenvalue weighted by Gasteiger charge is -2.08. The maximum Gasteiger partial charge on any atom is 0.307 e. The molecule has 0 aliphatic carbocycles. The molecule has 0 saturated heterocycles. The van der Waals surface area contributed by atoms with E-state index in [1.54, 1.807) is 0 Å². The Kier molecular flexibility index (Phi) is 4.26. The molecule has 86 valence electrons. The van der Waals surface area contributed by atoms with E-state index in [0.717, 1.165) is 0 Å². The second kappa shape index (κ2) is 5.27. The summed E-state index contributed by atoms with van der Waals surface area (Å²) in [6.45, 7) is 0. The van der Waals surface area contributed by atoms with Crippen molar-refractivity contribution in [2.45, 2.75) is 22.6 Å². The van der Waals surface area contributed by atoms with Crippen LogP contribution in [0.3, 0.4) is 0 Å². The summed E-state index contributed by atoms with van der Waals surface area (Å²) in [5.74, 6) is -1.93. The number of benzene rings is 1. The van der Waals surface area contributed by atoms with Crippen LogP contribution in [0.15, 0.2) is 21.9 Å². The highest BCUT2D eigenvalue weighted by Crippen LogP contribution is 2.24. The Morgan fingerprint density at radius 2 is 1.25 bits per heavy atom. The number of carbonyl (C=O) groups is 2. The molecule has 0 fully saturated rings. The van der Waals surface area contributed by atoms with E-state index in [1.165, 1.54) is 12.1 Å². The van der Waals surface area contributed by atoms with Gasteiger partial charge in [-0.25, -0.2) is 0 Å². The van der Waals surface area contributed by atoms with Gasteiger partial charge in [0.25, 0.3) is 0 Å². The Morgan fingerprint density at radius 1 is 0.938 bits per heavy atom. The van der Waals surface area contributed by atoms with Crippen LogP contribution in [0.5, 0.6) is 0 Å². The molecular weight excluding hydrogens is 248 g/mol. The van der Waals surface area contributed by atoms with E-state index in [4.69, 9.17) is 10.2 Å². The summed E-state index contributed by atoms with van der Waals surface area (Å²) in [6.07, 6.45) is -0.306. The summed E-state index contributed by atoms with van der Waals surface area (Å²) in [5, 5.41) is 17.3. The first kappa shape index (κ1) is 12.9. The second-order valence-electron chi connectivity index (χ2n) is 3.25. The molecule has 0 radical (unpaired) electrons. The van der Waals surface area contributed by atoms with Crippen LogP contribution in [-0.2, 0) is 22.4 Å². The molecule has 0 bridgehead atoms. The molecule has 0 saturated carbocycles. The SMILES string of the molecule is O=C(O)Cc1cc(S)c(CC(=O)O)cc1S. The molecule has 6 heteroatoms. The van der Waals surface area contributed by atoms with Crippen LogP contribution in [-0.4, -0.2) is 22.2 Å². The van der Waals surface area contributed by atoms with Gasteiger partial charge in [-0.1, -0.05) is 0 Å². The minimum atomic E-state index is -0.964. The fourth-order valence-electron chi connectivity index (χ4n) is 1.27. The van der Waals surface area contributed by atoms with Gasteiger partial charge in [-0.2, -0.15) is 0 Å². The zero-order chi connectivity index (χ0) is 12.3. The zero-order valence-electron chi connectivity index (χ0n) is 8.17. The van der Waals surface area contributed by atoms with Gasteiger partial charge >= 0.3 is 11.9 Å². The lowest BCUT2D eigenvalue weighted by molar-refractivity contribution is -0.137. The molecular formula is C10H10O4S2. The van der Waals surface area contributed by atoms with Crippen molar-refractivity contribution in [2.75, 3.05) is 0 Å². The number of aliphatic carboxylic acids is 2. The second-order valence-corrected chi connectivity index (χ2v) is 4.21. The quantitative estimate of drug-likeness (QED) is 0.618. The fraction of sp³-hybridized carbons (Fsp3) is 0.200. The highest BCUT2D eigenvalue weighted by Gasteiger charge is 2.11. The third-order valence-corrected chi connectivity index (χ3v) is 2.80. The van der Waals surface area contributed by atoms with Crippen LogP contribution >= 0.6 is 25.3 Å². The molecule has 0 amide bonds. The first-order valence-electron chi connectivity index (χ1n) is 4.37. The molecule has 4 nitrogen and oxygen atoms in total. The smallest absolute Gasteiger partial charge is 0.307 e. The van der Waals surface area contributed by atoms with Crippen LogP contribution in [0.1, 0.15) is 11.1 Å². The van der Waals surface area contributed by atoms with Gasteiger partial charge in [-0.15, -0.1) is 25.3 Å². The largest absolute Gasteiger partial charge is 0.481 e. The number of rotatable bonds is 4. The molecule has 0 unspecified atom stereocenters. The molecule has 16 heavy (non-hydrogen) atoms. The molecule has 0 aliphatic heterocycles. The van der Waals surface area contributed by atoms with Crippen molar-refractivity contribution in [1.82, 2.24) is 0 Å². The van der Waals surface area contributed by atoms with Gasteiger partial charge in [0.05, 0.1) is 12.8 Å². The minimum Gasteiger partial charge on any atom is -0.481 e. The molecule has 1 rings (SSSR count). The van der Waals surface area contributed by atoms with Crippen molar-refractivity contribution in [1.29, 1.82) is 0 Å². The average molecular weight is 258 g/mol. The van der Waals surface area contributed by atoms with Crippen LogP contribution in [0.4, 0.5) is 0 Å². The standard InChI is InChI=1S/C10H10O4S2/c11-9(12)3-5-1-7(15)6(2-8(5)16)4-10(13)14/h1-2,15-16H,3-4H2,(H,11,12)(H,13,14). The number of hydrogen-bond donors (Lipinski definition) is 4. The maximum absolute atomic E-state index is 10.5. The molecule has 0 aliphatic rings. The normalized spacial score (nSPS) is 10.1. The van der Waals surface area contributed by atoms with E-state index >= 15 is 0 Å². The van der Waals surface area contributed by atoms with E-state index in [1.807, 2.05) is 0 Å². The Bertz CT molecular complexity index is 401. The highest BCUT2D eigenvalue weighted by molar-refractivity contribution is 7.80. The number of thiol groups is 2. The van der Waals surface area contributed by atoms with E-state index in [2.05, 4.69) is 25.3 Å². The van der Waals surface area contributed by atoms with Crippen molar-refractivity contribution in [3.63, 3.8) is 0 Å². The third kappa shape index (κ3) is 3.46. The molecule has 0 heterocycles. The molecule has 0 atom stereocenters. The van der Waals surface area contributed by atoms with E-state index in [0.29, 0.717) is 20.9 Å². The number of hydrogen-bond acceptors (Lipinski definition) is 4. The van der Waals surface area contributed by atoms with Gasteiger partial charge < -0.3 is 10.2 Å². The monoisotopic (exact) mass is 258 g/mol. The van der Waals surface area contributed by atoms with Crippen molar-refractivity contribution < 1.29 is 19.8 Å². The van der Waals surface area contributed by atoms with Gasteiger partial charge in [0.15, 0.2) is 0 Å². The summed E-state index contributed by atoms with van der Waals surface area (Å²) in [7, 11) is 0. The predicted molar refractivity (Wildman–Crippen MR) is 63.6 cm³/mol. The van der Waals surface area contributed by atoms with Crippen LogP contribution in [0.25, 0.3) is 0 Å². The summed E-state index contributed by atoms with van der Waals surface area (Å²) < 4.78 is 0. The van der Waals surface area contributed by atoms with Crippen LogP contribution in [0.2, 0.25) is 0 Å². The van der Waals surface area contributed by atoms with Crippen molar-refractivity contribution in [3.8, 4) is 0 Å². The van der Waals surface area contributed by atoms with E-state index in [9.17, 15) is 9.59 Å². The number of carboxylic acids is 2. The van der Waals surface area contributed by atoms with Gasteiger partial charge in [-0.05, 0) is 23.3 Å². The van der Waals surface area contributed by atoms with E-state index in [-0.39, 0.29) is 12.8 Å². The Hall–Kier alpha value is -1.14. The van der Waals surface area contributed by atoms with Crippen molar-refractivity contribution in [2.24, 2.45) is 0 Å². The summed E-state index contributed by atoms with van der Waals surface area (Å²) in [4.78, 5) is 22.0. The first-order chi connectivity index (χ1) is 7.40. The Morgan fingerprint density at radius 3 is 1.50 bits per heavy atom. The highest BCUT2D eigenvalue weighted by atomic mass is 32.1. The van der Waals surface area contributed by atoms with Gasteiger partial charge in [-0.3, -0.25) is 9.59 Å². The van der Waals surface area contributed by atoms with Crippen molar-refractivity contribution in [3.05, 3.63) is 23.3 Å². The summed E-state index contributed by atoms with van der Waals surface area (Å²) in [5.41, 5.74) is 1.05. The Labute approximate surface area is 103 Å². The van der Waals surface area contributed by atoms with Gasteiger partial charge in [0, 0.05) is 9.79 Å². The predicted octanol–water partition coefficient (Wildman–Crippen LogP) is 1.52. The van der Waals surface area contributed by atoms with Gasteiger partial charge in [0.2, 0.25) is 0 Å².